The molecule has 0 aliphatic rings. The average molecular weight is 184 g/mol. The monoisotopic (exact) mass is 184 g/mol. The summed E-state index contributed by atoms with van der Waals surface area (Å²) in [7, 11) is 0. The van der Waals surface area contributed by atoms with E-state index in [-0.39, 0.29) is 23.4 Å². The minimum absolute atomic E-state index is 0.0538. The van der Waals surface area contributed by atoms with Gasteiger partial charge in [0, 0.05) is 11.8 Å². The topological polar surface area (TPSA) is 34.1 Å². The molecule has 0 spiro atoms. The smallest absolute Gasteiger partial charge is 0.146 e. The summed E-state index contributed by atoms with van der Waals surface area (Å²) < 4.78 is 0. The molecule has 0 rings (SSSR count). The van der Waals surface area contributed by atoms with E-state index >= 15 is 0 Å². The molecule has 0 radical (unpaired) electrons. The molecular formula is C11H20O2. The third-order valence-corrected chi connectivity index (χ3v) is 2.99. The van der Waals surface area contributed by atoms with Crippen molar-refractivity contribution in [3.05, 3.63) is 0 Å². The van der Waals surface area contributed by atoms with Crippen LogP contribution < -0.4 is 0 Å². The standard InChI is InChI=1S/C11H20O2/c1-5-9(12)8-10(13)11(4,6-2)7-3/h5-8H2,1-4H3. The predicted molar refractivity (Wildman–Crippen MR) is 53.6 cm³/mol. The van der Waals surface area contributed by atoms with Crippen LogP contribution in [-0.2, 0) is 9.59 Å². The fraction of sp³-hybridized carbons (Fsp3) is 0.818. The zero-order valence-electron chi connectivity index (χ0n) is 9.14. The Morgan fingerprint density at radius 3 is 1.85 bits per heavy atom. The van der Waals surface area contributed by atoms with Crippen LogP contribution in [0.5, 0.6) is 0 Å². The molecule has 13 heavy (non-hydrogen) atoms. The van der Waals surface area contributed by atoms with E-state index in [1.54, 1.807) is 6.92 Å². The molecule has 0 aromatic carbocycles. The molecule has 0 unspecified atom stereocenters. The van der Waals surface area contributed by atoms with Crippen molar-refractivity contribution >= 4 is 11.6 Å². The molecule has 0 aliphatic heterocycles. The van der Waals surface area contributed by atoms with Crippen molar-refractivity contribution in [2.45, 2.75) is 53.4 Å². The summed E-state index contributed by atoms with van der Waals surface area (Å²) in [6.07, 6.45) is 2.22. The third kappa shape index (κ3) is 3.29. The minimum atomic E-state index is -0.287. The maximum atomic E-state index is 11.7. The number of rotatable bonds is 6. The van der Waals surface area contributed by atoms with Crippen LogP contribution in [0.15, 0.2) is 0 Å². The lowest BCUT2D eigenvalue weighted by Gasteiger charge is -2.24. The largest absolute Gasteiger partial charge is 0.299 e. The van der Waals surface area contributed by atoms with E-state index < -0.39 is 0 Å². The van der Waals surface area contributed by atoms with Gasteiger partial charge in [-0.25, -0.2) is 0 Å². The van der Waals surface area contributed by atoms with Crippen LogP contribution in [-0.4, -0.2) is 11.6 Å². The van der Waals surface area contributed by atoms with Crippen LogP contribution in [0.3, 0.4) is 0 Å². The summed E-state index contributed by atoms with van der Waals surface area (Å²) in [5, 5.41) is 0. The number of carbonyl (C=O) groups is 2. The minimum Gasteiger partial charge on any atom is -0.299 e. The van der Waals surface area contributed by atoms with E-state index in [0.717, 1.165) is 12.8 Å². The summed E-state index contributed by atoms with van der Waals surface area (Å²) >= 11 is 0. The first-order chi connectivity index (χ1) is 6.00. The predicted octanol–water partition coefficient (Wildman–Crippen LogP) is 2.75. The van der Waals surface area contributed by atoms with Crippen LogP contribution in [0, 0.1) is 5.41 Å². The highest BCUT2D eigenvalue weighted by Gasteiger charge is 2.29. The van der Waals surface area contributed by atoms with Crippen LogP contribution >= 0.6 is 0 Å². The Labute approximate surface area is 80.7 Å². The van der Waals surface area contributed by atoms with E-state index in [9.17, 15) is 9.59 Å². The lowest BCUT2D eigenvalue weighted by atomic mass is 9.78. The SMILES string of the molecule is CCC(=O)CC(=O)C(C)(CC)CC. The van der Waals surface area contributed by atoms with E-state index in [2.05, 4.69) is 0 Å². The van der Waals surface area contributed by atoms with Gasteiger partial charge in [0.15, 0.2) is 0 Å². The lowest BCUT2D eigenvalue weighted by molar-refractivity contribution is -0.133. The van der Waals surface area contributed by atoms with E-state index in [4.69, 9.17) is 0 Å². The van der Waals surface area contributed by atoms with Gasteiger partial charge < -0.3 is 0 Å². The van der Waals surface area contributed by atoms with Gasteiger partial charge in [-0.2, -0.15) is 0 Å². The molecular weight excluding hydrogens is 164 g/mol. The van der Waals surface area contributed by atoms with Crippen molar-refractivity contribution in [2.24, 2.45) is 5.41 Å². The van der Waals surface area contributed by atoms with Crippen molar-refractivity contribution in [1.29, 1.82) is 0 Å². The second-order valence-electron chi connectivity index (χ2n) is 3.76. The summed E-state index contributed by atoms with van der Waals surface area (Å²) in [6, 6.07) is 0. The highest BCUT2D eigenvalue weighted by atomic mass is 16.1. The van der Waals surface area contributed by atoms with Crippen LogP contribution in [0.4, 0.5) is 0 Å². The molecule has 0 bridgehead atoms. The van der Waals surface area contributed by atoms with Crippen LogP contribution in [0.25, 0.3) is 0 Å². The van der Waals surface area contributed by atoms with Crippen molar-refractivity contribution in [1.82, 2.24) is 0 Å². The molecule has 0 heterocycles. The maximum absolute atomic E-state index is 11.7. The fourth-order valence-corrected chi connectivity index (χ4v) is 1.16. The first-order valence-corrected chi connectivity index (χ1v) is 5.05. The van der Waals surface area contributed by atoms with Gasteiger partial charge in [0.2, 0.25) is 0 Å². The maximum Gasteiger partial charge on any atom is 0.146 e. The molecule has 2 heteroatoms. The molecule has 0 saturated carbocycles. The van der Waals surface area contributed by atoms with E-state index in [1.165, 1.54) is 0 Å². The van der Waals surface area contributed by atoms with E-state index in [0.29, 0.717) is 6.42 Å². The Morgan fingerprint density at radius 1 is 1.08 bits per heavy atom. The lowest BCUT2D eigenvalue weighted by Crippen LogP contribution is -2.28. The number of carbonyl (C=O) groups excluding carboxylic acids is 2. The third-order valence-electron chi connectivity index (χ3n) is 2.99. The second kappa shape index (κ2) is 5.15. The summed E-state index contributed by atoms with van der Waals surface area (Å²) in [5.41, 5.74) is -0.287. The molecule has 2 nitrogen and oxygen atoms in total. The fourth-order valence-electron chi connectivity index (χ4n) is 1.16. The van der Waals surface area contributed by atoms with Crippen molar-refractivity contribution in [3.8, 4) is 0 Å². The van der Waals surface area contributed by atoms with Crippen LogP contribution in [0.2, 0.25) is 0 Å². The highest BCUT2D eigenvalue weighted by molar-refractivity contribution is 6.01. The van der Waals surface area contributed by atoms with Gasteiger partial charge in [-0.1, -0.05) is 27.7 Å². The molecule has 0 saturated heterocycles. The Balaban J connectivity index is 4.31. The molecule has 0 atom stereocenters. The Morgan fingerprint density at radius 2 is 1.54 bits per heavy atom. The normalized spacial score (nSPS) is 11.4. The van der Waals surface area contributed by atoms with Crippen molar-refractivity contribution in [3.63, 3.8) is 0 Å². The van der Waals surface area contributed by atoms with Crippen molar-refractivity contribution in [2.75, 3.05) is 0 Å². The summed E-state index contributed by atoms with van der Waals surface area (Å²) in [4.78, 5) is 22.8. The Kier molecular flexibility index (Phi) is 4.89. The number of hydrogen-bond acceptors (Lipinski definition) is 2. The molecule has 0 fully saturated rings. The van der Waals surface area contributed by atoms with Crippen molar-refractivity contribution < 1.29 is 9.59 Å². The number of ketones is 2. The first-order valence-electron chi connectivity index (χ1n) is 5.05. The van der Waals surface area contributed by atoms with Gasteiger partial charge in [0.1, 0.15) is 11.6 Å². The van der Waals surface area contributed by atoms with E-state index in [1.807, 2.05) is 20.8 Å². The Bertz CT molecular complexity index is 190. The highest BCUT2D eigenvalue weighted by Crippen LogP contribution is 2.27. The van der Waals surface area contributed by atoms with Gasteiger partial charge >= 0.3 is 0 Å². The Hall–Kier alpha value is -0.660. The van der Waals surface area contributed by atoms with Gasteiger partial charge in [-0.05, 0) is 12.8 Å². The molecule has 0 amide bonds. The molecule has 0 aromatic rings. The second-order valence-corrected chi connectivity index (χ2v) is 3.76. The summed E-state index contributed by atoms with van der Waals surface area (Å²) in [6.45, 7) is 7.73. The van der Waals surface area contributed by atoms with Gasteiger partial charge in [0.05, 0.1) is 6.42 Å². The van der Waals surface area contributed by atoms with Crippen LogP contribution in [0.1, 0.15) is 53.4 Å². The van der Waals surface area contributed by atoms with Gasteiger partial charge in [-0.3, -0.25) is 9.59 Å². The average Bonchev–Trinajstić information content (AvgIpc) is 2.16. The molecule has 0 aromatic heterocycles. The zero-order chi connectivity index (χ0) is 10.5. The van der Waals surface area contributed by atoms with Gasteiger partial charge in [0.25, 0.3) is 0 Å². The quantitative estimate of drug-likeness (QED) is 0.595. The molecule has 0 N–H and O–H groups in total. The number of Topliss-reactive ketones (excluding diaryl/α,β-unsaturated/α-hetero) is 2. The first kappa shape index (κ1) is 12.3. The summed E-state index contributed by atoms with van der Waals surface area (Å²) in [5.74, 6) is 0.155. The zero-order valence-corrected chi connectivity index (χ0v) is 9.14. The number of hydrogen-bond donors (Lipinski definition) is 0. The van der Waals surface area contributed by atoms with Gasteiger partial charge in [-0.15, -0.1) is 0 Å². The molecule has 76 valence electrons. The molecule has 0 aliphatic carbocycles.